The number of allylic oxidation sites excluding steroid dienone is 1. The van der Waals surface area contributed by atoms with E-state index >= 15 is 0 Å². The molecule has 0 saturated carbocycles. The number of fused-ring (bicyclic) bond motifs is 5. The molecule has 136 valence electrons. The summed E-state index contributed by atoms with van der Waals surface area (Å²) >= 11 is 0. The lowest BCUT2D eigenvalue weighted by molar-refractivity contribution is -0.150. The number of rotatable bonds is 1. The van der Waals surface area contributed by atoms with E-state index < -0.39 is 0 Å². The molecule has 4 rings (SSSR count). The predicted molar refractivity (Wildman–Crippen MR) is 100 cm³/mol. The summed E-state index contributed by atoms with van der Waals surface area (Å²) < 4.78 is 5.14. The Balaban J connectivity index is 1.91. The van der Waals surface area contributed by atoms with Crippen LogP contribution in [0, 0.1) is 11.8 Å². The summed E-state index contributed by atoms with van der Waals surface area (Å²) in [5.74, 6) is -0.559. The summed E-state index contributed by atoms with van der Waals surface area (Å²) in [5, 5.41) is 1.07. The number of nitrogens with one attached hydrogen (secondary N) is 1. The van der Waals surface area contributed by atoms with E-state index in [4.69, 9.17) is 4.74 Å². The average molecular weight is 352 g/mol. The van der Waals surface area contributed by atoms with Crippen molar-refractivity contribution >= 4 is 22.7 Å². The van der Waals surface area contributed by atoms with E-state index in [1.165, 1.54) is 7.11 Å². The van der Waals surface area contributed by atoms with Crippen LogP contribution in [0.3, 0.4) is 0 Å². The number of nitrogens with zero attached hydrogens (tertiary/aromatic N) is 1. The summed E-state index contributed by atoms with van der Waals surface area (Å²) in [4.78, 5) is 31.3. The number of hydrogen-bond donors (Lipinski definition) is 1. The molecule has 1 fully saturated rings. The molecule has 0 spiro atoms. The van der Waals surface area contributed by atoms with Crippen molar-refractivity contribution in [3.05, 3.63) is 47.2 Å². The van der Waals surface area contributed by atoms with E-state index in [0.717, 1.165) is 28.6 Å². The van der Waals surface area contributed by atoms with Gasteiger partial charge in [0.15, 0.2) is 5.78 Å². The van der Waals surface area contributed by atoms with E-state index in [2.05, 4.69) is 16.9 Å². The maximum absolute atomic E-state index is 13.1. The number of aromatic nitrogens is 1. The normalized spacial score (nSPS) is 27.9. The van der Waals surface area contributed by atoms with Crippen LogP contribution in [-0.2, 0) is 16.0 Å². The molecule has 0 radical (unpaired) electrons. The molecule has 2 aliphatic rings. The molecule has 1 aliphatic heterocycles. The second-order valence-electron chi connectivity index (χ2n) is 7.36. The fraction of sp³-hybridized carbons (Fsp3) is 0.429. The van der Waals surface area contributed by atoms with Crippen LogP contribution >= 0.6 is 0 Å². The number of likely N-dealkylation sites (N-methyl/N-ethyl adjacent to an activating group) is 1. The number of likely N-dealkylation sites (tertiary alicyclic amines) is 1. The van der Waals surface area contributed by atoms with Crippen LogP contribution in [-0.4, -0.2) is 48.4 Å². The van der Waals surface area contributed by atoms with E-state index in [1.54, 1.807) is 0 Å². The lowest BCUT2D eigenvalue weighted by Gasteiger charge is -2.45. The molecular formula is C21H24N2O3. The van der Waals surface area contributed by atoms with Gasteiger partial charge >= 0.3 is 5.97 Å². The fourth-order valence-corrected chi connectivity index (χ4v) is 4.76. The number of esters is 1. The first-order valence-electron chi connectivity index (χ1n) is 9.11. The van der Waals surface area contributed by atoms with Gasteiger partial charge < -0.3 is 9.72 Å². The molecule has 2 heterocycles. The maximum atomic E-state index is 13.1. The highest BCUT2D eigenvalue weighted by Gasteiger charge is 2.46. The minimum absolute atomic E-state index is 0.0159. The van der Waals surface area contributed by atoms with Crippen molar-refractivity contribution in [2.45, 2.75) is 25.8 Å². The number of piperidine rings is 1. The predicted octanol–water partition coefficient (Wildman–Crippen LogP) is 2.96. The van der Waals surface area contributed by atoms with Gasteiger partial charge in [-0.15, -0.1) is 0 Å². The van der Waals surface area contributed by atoms with Gasteiger partial charge in [0.1, 0.15) is 0 Å². The van der Waals surface area contributed by atoms with Crippen molar-refractivity contribution in [2.24, 2.45) is 11.8 Å². The Morgan fingerprint density at radius 1 is 1.31 bits per heavy atom. The van der Waals surface area contributed by atoms with Gasteiger partial charge in [-0.25, -0.2) is 0 Å². The van der Waals surface area contributed by atoms with Crippen molar-refractivity contribution in [3.8, 4) is 0 Å². The summed E-state index contributed by atoms with van der Waals surface area (Å²) in [6.45, 7) is 2.76. The van der Waals surface area contributed by atoms with Crippen LogP contribution in [0.25, 0.3) is 10.9 Å². The molecule has 2 bridgehead atoms. The van der Waals surface area contributed by atoms with Crippen LogP contribution < -0.4 is 0 Å². The first kappa shape index (κ1) is 17.0. The highest BCUT2D eigenvalue weighted by molar-refractivity contribution is 6.03. The fourth-order valence-electron chi connectivity index (χ4n) is 4.76. The largest absolute Gasteiger partial charge is 0.469 e. The molecule has 5 heteroatoms. The van der Waals surface area contributed by atoms with Gasteiger partial charge in [0.05, 0.1) is 18.7 Å². The number of aromatic amines is 1. The number of carbonyl (C=O) groups is 2. The monoisotopic (exact) mass is 352 g/mol. The zero-order valence-electron chi connectivity index (χ0n) is 15.4. The zero-order valence-corrected chi connectivity index (χ0v) is 15.4. The average Bonchev–Trinajstić information content (AvgIpc) is 3.01. The molecular weight excluding hydrogens is 328 g/mol. The molecule has 2 aromatic rings. The van der Waals surface area contributed by atoms with Crippen molar-refractivity contribution in [3.63, 3.8) is 0 Å². The molecule has 3 atom stereocenters. The molecule has 1 aliphatic carbocycles. The Hall–Kier alpha value is -2.40. The van der Waals surface area contributed by atoms with E-state index in [9.17, 15) is 9.59 Å². The topological polar surface area (TPSA) is 62.4 Å². The number of para-hydroxylation sites is 1. The van der Waals surface area contributed by atoms with Crippen LogP contribution in [0.1, 0.15) is 29.4 Å². The summed E-state index contributed by atoms with van der Waals surface area (Å²) in [6.07, 6.45) is 3.05. The summed E-state index contributed by atoms with van der Waals surface area (Å²) in [7, 11) is 3.49. The van der Waals surface area contributed by atoms with Gasteiger partial charge in [-0.05, 0) is 32.0 Å². The van der Waals surface area contributed by atoms with Gasteiger partial charge in [0.25, 0.3) is 0 Å². The van der Waals surface area contributed by atoms with Gasteiger partial charge in [0, 0.05) is 35.8 Å². The lowest BCUT2D eigenvalue weighted by atomic mass is 9.70. The number of Topliss-reactive ketones (excluding diaryl/α,β-unsaturated/α-hetero) is 1. The maximum Gasteiger partial charge on any atom is 0.310 e. The van der Waals surface area contributed by atoms with E-state index in [0.29, 0.717) is 18.5 Å². The van der Waals surface area contributed by atoms with Crippen molar-refractivity contribution < 1.29 is 14.3 Å². The van der Waals surface area contributed by atoms with Crippen molar-refractivity contribution in [1.82, 2.24) is 9.88 Å². The van der Waals surface area contributed by atoms with E-state index in [1.807, 2.05) is 37.3 Å². The van der Waals surface area contributed by atoms with Gasteiger partial charge in [-0.1, -0.05) is 29.8 Å². The summed E-state index contributed by atoms with van der Waals surface area (Å²) in [5.41, 5.74) is 3.85. The molecule has 26 heavy (non-hydrogen) atoms. The molecule has 0 amide bonds. The third-order valence-corrected chi connectivity index (χ3v) is 6.08. The Kier molecular flexibility index (Phi) is 4.19. The number of ether oxygens (including phenoxy) is 1. The molecule has 1 aromatic heterocycles. The second-order valence-corrected chi connectivity index (χ2v) is 7.36. The third-order valence-electron chi connectivity index (χ3n) is 6.08. The number of benzene rings is 1. The molecule has 1 aromatic carbocycles. The Labute approximate surface area is 153 Å². The number of H-pyrrole nitrogens is 1. The first-order chi connectivity index (χ1) is 12.5. The van der Waals surface area contributed by atoms with Gasteiger partial charge in [0.2, 0.25) is 0 Å². The van der Waals surface area contributed by atoms with Crippen LogP contribution in [0.15, 0.2) is 35.9 Å². The number of carbonyl (C=O) groups excluding carboxylic acids is 2. The second kappa shape index (κ2) is 6.40. The van der Waals surface area contributed by atoms with Crippen LogP contribution in [0.5, 0.6) is 0 Å². The number of methoxy groups -OCH3 is 1. The van der Waals surface area contributed by atoms with Gasteiger partial charge in [-0.3, -0.25) is 14.5 Å². The van der Waals surface area contributed by atoms with Crippen LogP contribution in [0.2, 0.25) is 0 Å². The zero-order chi connectivity index (χ0) is 18.4. The minimum Gasteiger partial charge on any atom is -0.469 e. The van der Waals surface area contributed by atoms with Gasteiger partial charge in [-0.2, -0.15) is 0 Å². The lowest BCUT2D eigenvalue weighted by Crippen LogP contribution is -2.54. The standard InChI is InChI=1S/C21H24N2O3/c1-4-12-11-23(2)17-9-15-13-7-5-6-8-16(13)22-20(15)18(24)10-14(12)19(17)21(25)26-3/h4-8,14,17,19,22H,9-11H2,1-3H3/b12-4-/t14-,17-,19-/m0/s1. The highest BCUT2D eigenvalue weighted by atomic mass is 16.5. The molecule has 5 nitrogen and oxygen atoms in total. The Bertz CT molecular complexity index is 911. The molecule has 1 saturated heterocycles. The van der Waals surface area contributed by atoms with Crippen molar-refractivity contribution in [2.75, 3.05) is 20.7 Å². The van der Waals surface area contributed by atoms with E-state index in [-0.39, 0.29) is 29.6 Å². The molecule has 0 unspecified atom stereocenters. The minimum atomic E-state index is -0.323. The highest BCUT2D eigenvalue weighted by Crippen LogP contribution is 2.41. The van der Waals surface area contributed by atoms with Crippen molar-refractivity contribution in [1.29, 1.82) is 0 Å². The number of hydrogen-bond acceptors (Lipinski definition) is 4. The smallest absolute Gasteiger partial charge is 0.310 e. The Morgan fingerprint density at radius 3 is 2.81 bits per heavy atom. The number of ketones is 1. The summed E-state index contributed by atoms with van der Waals surface area (Å²) in [6, 6.07) is 8.02. The quantitative estimate of drug-likeness (QED) is 0.633. The van der Waals surface area contributed by atoms with Crippen LogP contribution in [0.4, 0.5) is 0 Å². The molecule has 1 N–H and O–H groups in total. The Morgan fingerprint density at radius 2 is 2.08 bits per heavy atom. The third kappa shape index (κ3) is 2.50. The SMILES string of the molecule is C/C=C1/CN(C)[C@H]2Cc3c([nH]c4ccccc34)C(=O)C[C@@H]1[C@@H]2C(=O)OC. The first-order valence-corrected chi connectivity index (χ1v) is 9.11.